The highest BCUT2D eigenvalue weighted by Crippen LogP contribution is 2.08. The van der Waals surface area contributed by atoms with Crippen LogP contribution in [0.3, 0.4) is 0 Å². The van der Waals surface area contributed by atoms with Crippen molar-refractivity contribution in [2.45, 2.75) is 48.5 Å². The van der Waals surface area contributed by atoms with E-state index in [-0.39, 0.29) is 0 Å². The van der Waals surface area contributed by atoms with E-state index in [0.29, 0.717) is 0 Å². The van der Waals surface area contributed by atoms with Gasteiger partial charge < -0.3 is 0 Å². The van der Waals surface area contributed by atoms with Gasteiger partial charge in [-0.25, -0.2) is 0 Å². The van der Waals surface area contributed by atoms with Crippen LogP contribution in [0, 0.1) is 0 Å². The minimum absolute atomic E-state index is 1.12. The Bertz CT molecular complexity index is 197. The average molecular weight is 208 g/mol. The molecule has 0 aliphatic carbocycles. The third-order valence-electron chi connectivity index (χ3n) is 1.27. The third kappa shape index (κ3) is 13.0. The highest BCUT2D eigenvalue weighted by molar-refractivity contribution is 5.60. The Labute approximate surface area is 97.0 Å². The monoisotopic (exact) mass is 208 g/mol. The minimum atomic E-state index is 1.12. The topological polar surface area (TPSA) is 0 Å². The number of rotatable bonds is 1. The Balaban J connectivity index is -0.000000208. The summed E-state index contributed by atoms with van der Waals surface area (Å²) in [4.78, 5) is 0. The molecule has 0 bridgehead atoms. The first kappa shape index (κ1) is 19.5. The van der Waals surface area contributed by atoms with Gasteiger partial charge in [0.25, 0.3) is 0 Å². The zero-order valence-corrected chi connectivity index (χ0v) is 11.6. The van der Waals surface area contributed by atoms with Gasteiger partial charge in [-0.1, -0.05) is 84.0 Å². The predicted molar refractivity (Wildman–Crippen MR) is 75.2 cm³/mol. The molecule has 0 amide bonds. The van der Waals surface area contributed by atoms with E-state index in [1.807, 2.05) is 66.7 Å². The Hall–Kier alpha value is -1.04. The quantitative estimate of drug-likeness (QED) is 0.547. The Kier molecular flexibility index (Phi) is 24.3. The molecule has 0 aromatic heterocycles. The second kappa shape index (κ2) is 18.7. The van der Waals surface area contributed by atoms with Crippen LogP contribution in [0.4, 0.5) is 0 Å². The van der Waals surface area contributed by atoms with Crippen LogP contribution < -0.4 is 0 Å². The number of hydrogen-bond donors (Lipinski definition) is 0. The molecule has 0 fully saturated rings. The molecule has 1 aromatic rings. The molecule has 0 radical (unpaired) electrons. The van der Waals surface area contributed by atoms with Crippen LogP contribution >= 0.6 is 0 Å². The molecule has 15 heavy (non-hydrogen) atoms. The van der Waals surface area contributed by atoms with Crippen molar-refractivity contribution in [2.24, 2.45) is 0 Å². The summed E-state index contributed by atoms with van der Waals surface area (Å²) >= 11 is 0. The van der Waals surface area contributed by atoms with Gasteiger partial charge in [-0.3, -0.25) is 0 Å². The van der Waals surface area contributed by atoms with Crippen molar-refractivity contribution in [1.29, 1.82) is 0 Å². The number of benzene rings is 1. The van der Waals surface area contributed by atoms with Gasteiger partial charge in [0, 0.05) is 0 Å². The Morgan fingerprint density at radius 2 is 1.13 bits per heavy atom. The molecular formula is C15H28. The van der Waals surface area contributed by atoms with Crippen molar-refractivity contribution in [2.75, 3.05) is 0 Å². The van der Waals surface area contributed by atoms with Gasteiger partial charge in [-0.05, 0) is 12.5 Å². The largest absolute Gasteiger partial charge is 0.0955 e. The highest BCUT2D eigenvalue weighted by Gasteiger charge is 1.86. The summed E-state index contributed by atoms with van der Waals surface area (Å²) in [6.45, 7) is 17.8. The van der Waals surface area contributed by atoms with E-state index < -0.39 is 0 Å². The van der Waals surface area contributed by atoms with Crippen LogP contribution in [0.2, 0.25) is 0 Å². The zero-order chi connectivity index (χ0) is 12.7. The summed E-state index contributed by atoms with van der Waals surface area (Å²) in [7, 11) is 0. The van der Waals surface area contributed by atoms with E-state index >= 15 is 0 Å². The van der Waals surface area contributed by atoms with Gasteiger partial charge in [0.15, 0.2) is 0 Å². The van der Waals surface area contributed by atoms with Gasteiger partial charge in [-0.2, -0.15) is 0 Å². The van der Waals surface area contributed by atoms with Crippen LogP contribution in [-0.2, 0) is 0 Å². The lowest BCUT2D eigenvalue weighted by molar-refractivity contribution is 1.50. The van der Waals surface area contributed by atoms with Gasteiger partial charge in [0.1, 0.15) is 0 Å². The van der Waals surface area contributed by atoms with Crippen molar-refractivity contribution in [3.8, 4) is 0 Å². The first-order valence-corrected chi connectivity index (χ1v) is 6.01. The summed E-state index contributed by atoms with van der Waals surface area (Å²) in [5.41, 5.74) is 2.34. The SMILES string of the molecule is C=C(C)c1ccccc1.CC.CC.CC. The van der Waals surface area contributed by atoms with Gasteiger partial charge in [0.05, 0.1) is 0 Å². The first-order chi connectivity index (χ1) is 7.30. The van der Waals surface area contributed by atoms with E-state index in [9.17, 15) is 0 Å². The standard InChI is InChI=1S/C9H10.3C2H6/c1-8(2)9-6-4-3-5-7-9;3*1-2/h3-7H,1H2,2H3;3*1-2H3. The van der Waals surface area contributed by atoms with Crippen LogP contribution in [-0.4, -0.2) is 0 Å². The van der Waals surface area contributed by atoms with E-state index in [1.165, 1.54) is 5.56 Å². The summed E-state index contributed by atoms with van der Waals surface area (Å²) in [5.74, 6) is 0. The smallest absolute Gasteiger partial charge is 0.0233 e. The Morgan fingerprint density at radius 3 is 1.33 bits per heavy atom. The van der Waals surface area contributed by atoms with E-state index in [1.54, 1.807) is 0 Å². The maximum Gasteiger partial charge on any atom is -0.0233 e. The Morgan fingerprint density at radius 1 is 0.800 bits per heavy atom. The maximum absolute atomic E-state index is 3.83. The maximum atomic E-state index is 3.83. The van der Waals surface area contributed by atoms with Crippen LogP contribution in [0.25, 0.3) is 5.57 Å². The molecule has 0 aliphatic rings. The fraction of sp³-hybridized carbons (Fsp3) is 0.467. The summed E-state index contributed by atoms with van der Waals surface area (Å²) in [6.07, 6.45) is 0. The summed E-state index contributed by atoms with van der Waals surface area (Å²) in [6, 6.07) is 10.2. The molecule has 1 aromatic carbocycles. The fourth-order valence-corrected chi connectivity index (χ4v) is 0.723. The first-order valence-electron chi connectivity index (χ1n) is 6.01. The van der Waals surface area contributed by atoms with Crippen LogP contribution in [0.5, 0.6) is 0 Å². The van der Waals surface area contributed by atoms with E-state index in [4.69, 9.17) is 0 Å². The normalized spacial score (nSPS) is 6.60. The van der Waals surface area contributed by atoms with Gasteiger partial charge >= 0.3 is 0 Å². The molecule has 0 N–H and O–H groups in total. The minimum Gasteiger partial charge on any atom is -0.0955 e. The number of hydrogen-bond acceptors (Lipinski definition) is 0. The molecule has 0 atom stereocenters. The van der Waals surface area contributed by atoms with Crippen molar-refractivity contribution in [1.82, 2.24) is 0 Å². The fourth-order valence-electron chi connectivity index (χ4n) is 0.723. The zero-order valence-electron chi connectivity index (χ0n) is 11.6. The van der Waals surface area contributed by atoms with Crippen LogP contribution in [0.1, 0.15) is 54.0 Å². The molecule has 0 aliphatic heterocycles. The lowest BCUT2D eigenvalue weighted by Gasteiger charge is -1.94. The van der Waals surface area contributed by atoms with Crippen molar-refractivity contribution < 1.29 is 0 Å². The molecule has 0 unspecified atom stereocenters. The van der Waals surface area contributed by atoms with E-state index in [2.05, 4.69) is 18.7 Å². The van der Waals surface area contributed by atoms with Crippen LogP contribution in [0.15, 0.2) is 36.9 Å². The molecule has 0 saturated heterocycles. The lowest BCUT2D eigenvalue weighted by Crippen LogP contribution is -1.72. The molecular weight excluding hydrogens is 180 g/mol. The molecule has 0 heteroatoms. The van der Waals surface area contributed by atoms with Gasteiger partial charge in [0.2, 0.25) is 0 Å². The van der Waals surface area contributed by atoms with Gasteiger partial charge in [-0.15, -0.1) is 0 Å². The van der Waals surface area contributed by atoms with Crippen molar-refractivity contribution >= 4 is 5.57 Å². The summed E-state index contributed by atoms with van der Waals surface area (Å²) in [5, 5.41) is 0. The predicted octanol–water partition coefficient (Wildman–Crippen LogP) is 5.80. The highest BCUT2D eigenvalue weighted by atomic mass is 13.9. The molecule has 0 saturated carbocycles. The molecule has 88 valence electrons. The second-order valence-electron chi connectivity index (χ2n) is 2.15. The molecule has 1 rings (SSSR count). The van der Waals surface area contributed by atoms with Crippen molar-refractivity contribution in [3.05, 3.63) is 42.5 Å². The number of allylic oxidation sites excluding steroid dienone is 1. The lowest BCUT2D eigenvalue weighted by atomic mass is 10.1. The summed E-state index contributed by atoms with van der Waals surface area (Å²) < 4.78 is 0. The third-order valence-corrected chi connectivity index (χ3v) is 1.27. The average Bonchev–Trinajstić information content (AvgIpc) is 2.38. The molecule has 0 spiro atoms. The molecule has 0 nitrogen and oxygen atoms in total. The second-order valence-corrected chi connectivity index (χ2v) is 2.15. The molecule has 0 heterocycles. The van der Waals surface area contributed by atoms with Crippen molar-refractivity contribution in [3.63, 3.8) is 0 Å². The van der Waals surface area contributed by atoms with E-state index in [0.717, 1.165) is 5.57 Å².